The number of aliphatic hydroxyl groups is 1. The standard InChI is InChI=1S/C37H46ClFN4O4/c1-4-25(2)37(42-26(3)44)19-20-43(36(37)47)33(18-17-27-11-6-5-7-12-27)35(46)41-32(22-29-14-8-9-16-31(29)39)34(45)24-40-23-28-13-10-15-30(38)21-28/h5-16,21,25,32-34,40,45H,4,17-20,22-24H2,1-3H3,(H,41,46)(H,42,44)/t25-,32-,33-,34+,37?/m0/s1. The summed E-state index contributed by atoms with van der Waals surface area (Å²) in [7, 11) is 0. The molecule has 0 spiro atoms. The summed E-state index contributed by atoms with van der Waals surface area (Å²) >= 11 is 6.12. The van der Waals surface area contributed by atoms with E-state index in [9.17, 15) is 23.9 Å². The van der Waals surface area contributed by atoms with Crippen LogP contribution in [0.25, 0.3) is 0 Å². The maximum atomic E-state index is 14.8. The Morgan fingerprint density at radius 2 is 1.74 bits per heavy atom. The number of benzene rings is 3. The number of aryl methyl sites for hydroxylation is 1. The third kappa shape index (κ3) is 9.40. The van der Waals surface area contributed by atoms with Crippen LogP contribution in [0.5, 0.6) is 0 Å². The summed E-state index contributed by atoms with van der Waals surface area (Å²) in [6.45, 7) is 6.14. The van der Waals surface area contributed by atoms with E-state index in [1.807, 2.05) is 62.4 Å². The largest absolute Gasteiger partial charge is 0.390 e. The zero-order valence-electron chi connectivity index (χ0n) is 27.3. The van der Waals surface area contributed by atoms with Gasteiger partial charge in [-0.2, -0.15) is 0 Å². The van der Waals surface area contributed by atoms with Crippen LogP contribution in [0.4, 0.5) is 4.39 Å². The van der Waals surface area contributed by atoms with Gasteiger partial charge in [0.15, 0.2) is 0 Å². The van der Waals surface area contributed by atoms with Gasteiger partial charge in [-0.3, -0.25) is 14.4 Å². The topological polar surface area (TPSA) is 111 Å². The van der Waals surface area contributed by atoms with Gasteiger partial charge in [0.25, 0.3) is 0 Å². The Morgan fingerprint density at radius 1 is 1.04 bits per heavy atom. The van der Waals surface area contributed by atoms with E-state index in [1.165, 1.54) is 13.0 Å². The average Bonchev–Trinajstić information content (AvgIpc) is 3.37. The lowest BCUT2D eigenvalue weighted by Gasteiger charge is -2.36. The number of hydrogen-bond donors (Lipinski definition) is 4. The third-order valence-corrected chi connectivity index (χ3v) is 9.47. The highest BCUT2D eigenvalue weighted by Crippen LogP contribution is 2.34. The van der Waals surface area contributed by atoms with E-state index in [-0.39, 0.29) is 37.2 Å². The Labute approximate surface area is 282 Å². The Bertz CT molecular complexity index is 1510. The van der Waals surface area contributed by atoms with Gasteiger partial charge < -0.3 is 26.0 Å². The zero-order valence-corrected chi connectivity index (χ0v) is 28.1. The number of nitrogens with one attached hydrogen (secondary N) is 3. The minimum absolute atomic E-state index is 0.0421. The number of likely N-dealkylation sites (tertiary alicyclic amines) is 1. The highest BCUT2D eigenvalue weighted by atomic mass is 35.5. The van der Waals surface area contributed by atoms with Crippen molar-refractivity contribution in [3.05, 3.63) is 106 Å². The number of carbonyl (C=O) groups excluding carboxylic acids is 3. The summed E-state index contributed by atoms with van der Waals surface area (Å²) in [5, 5.41) is 21.1. The van der Waals surface area contributed by atoms with Crippen molar-refractivity contribution < 1.29 is 23.9 Å². The predicted molar refractivity (Wildman–Crippen MR) is 182 cm³/mol. The number of carbonyl (C=O) groups is 3. The second kappa shape index (κ2) is 16.9. The molecule has 0 aliphatic carbocycles. The minimum atomic E-state index is -1.11. The van der Waals surface area contributed by atoms with Crippen LogP contribution in [0.1, 0.15) is 56.7 Å². The highest BCUT2D eigenvalue weighted by molar-refractivity contribution is 6.30. The van der Waals surface area contributed by atoms with Crippen LogP contribution in [-0.4, -0.2) is 64.5 Å². The third-order valence-electron chi connectivity index (χ3n) is 9.23. The maximum absolute atomic E-state index is 14.8. The molecule has 0 bridgehead atoms. The van der Waals surface area contributed by atoms with Crippen LogP contribution < -0.4 is 16.0 Å². The molecule has 4 N–H and O–H groups in total. The highest BCUT2D eigenvalue weighted by Gasteiger charge is 2.53. The minimum Gasteiger partial charge on any atom is -0.390 e. The second-order valence-electron chi connectivity index (χ2n) is 12.5. The van der Waals surface area contributed by atoms with E-state index in [2.05, 4.69) is 16.0 Å². The Morgan fingerprint density at radius 3 is 2.43 bits per heavy atom. The second-order valence-corrected chi connectivity index (χ2v) is 12.9. The molecular formula is C37H46ClFN4O4. The molecule has 1 aliphatic heterocycles. The van der Waals surface area contributed by atoms with Gasteiger partial charge in [-0.25, -0.2) is 4.39 Å². The van der Waals surface area contributed by atoms with Gasteiger partial charge in [-0.05, 0) is 66.5 Å². The summed E-state index contributed by atoms with van der Waals surface area (Å²) in [6.07, 6.45) is 0.861. The van der Waals surface area contributed by atoms with Gasteiger partial charge in [-0.15, -0.1) is 0 Å². The Balaban J connectivity index is 1.59. The van der Waals surface area contributed by atoms with E-state index in [1.54, 1.807) is 29.2 Å². The molecule has 3 aromatic rings. The number of hydrogen-bond acceptors (Lipinski definition) is 5. The van der Waals surface area contributed by atoms with Gasteiger partial charge >= 0.3 is 0 Å². The van der Waals surface area contributed by atoms with E-state index < -0.39 is 35.5 Å². The molecule has 3 aromatic carbocycles. The van der Waals surface area contributed by atoms with Crippen molar-refractivity contribution >= 4 is 29.3 Å². The fourth-order valence-electron chi connectivity index (χ4n) is 6.41. The van der Waals surface area contributed by atoms with Crippen LogP contribution >= 0.6 is 11.6 Å². The Hall–Kier alpha value is -3.79. The molecular weight excluding hydrogens is 619 g/mol. The van der Waals surface area contributed by atoms with E-state index in [0.29, 0.717) is 42.8 Å². The molecule has 4 rings (SSSR count). The lowest BCUT2D eigenvalue weighted by Crippen LogP contribution is -2.60. The summed E-state index contributed by atoms with van der Waals surface area (Å²) in [5.41, 5.74) is 1.19. The fourth-order valence-corrected chi connectivity index (χ4v) is 6.62. The first-order valence-corrected chi connectivity index (χ1v) is 16.7. The van der Waals surface area contributed by atoms with Crippen molar-refractivity contribution in [1.29, 1.82) is 0 Å². The molecule has 0 saturated carbocycles. The van der Waals surface area contributed by atoms with Crippen LogP contribution in [0, 0.1) is 11.7 Å². The van der Waals surface area contributed by atoms with E-state index in [4.69, 9.17) is 11.6 Å². The van der Waals surface area contributed by atoms with Gasteiger partial charge in [0.05, 0.1) is 12.1 Å². The molecule has 5 atom stereocenters. The first-order chi connectivity index (χ1) is 22.5. The molecule has 10 heteroatoms. The molecule has 0 aromatic heterocycles. The quantitative estimate of drug-likeness (QED) is 0.176. The van der Waals surface area contributed by atoms with Crippen molar-refractivity contribution in [1.82, 2.24) is 20.9 Å². The zero-order chi connectivity index (χ0) is 34.0. The lowest BCUT2D eigenvalue weighted by molar-refractivity contribution is -0.144. The smallest absolute Gasteiger partial charge is 0.249 e. The molecule has 0 radical (unpaired) electrons. The normalized spacial score (nSPS) is 18.8. The number of nitrogens with zero attached hydrogens (tertiary/aromatic N) is 1. The van der Waals surface area contributed by atoms with Crippen LogP contribution in [0.15, 0.2) is 78.9 Å². The van der Waals surface area contributed by atoms with Crippen molar-refractivity contribution in [3.63, 3.8) is 0 Å². The summed E-state index contributed by atoms with van der Waals surface area (Å²) < 4.78 is 14.8. The molecule has 47 heavy (non-hydrogen) atoms. The monoisotopic (exact) mass is 664 g/mol. The Kier molecular flexibility index (Phi) is 12.9. The first-order valence-electron chi connectivity index (χ1n) is 16.3. The van der Waals surface area contributed by atoms with Crippen molar-refractivity contribution in [3.8, 4) is 0 Å². The number of aliphatic hydroxyl groups excluding tert-OH is 1. The SMILES string of the molecule is CC[C@H](C)C1(NC(C)=O)CCN([C@@H](CCc2ccccc2)C(=O)N[C@@H](Cc2ccccc2F)[C@H](O)CNCc2cccc(Cl)c2)C1=O. The first kappa shape index (κ1) is 36.1. The molecule has 1 unspecified atom stereocenters. The van der Waals surface area contributed by atoms with Gasteiger partial charge in [-0.1, -0.05) is 92.5 Å². The van der Waals surface area contributed by atoms with Gasteiger partial charge in [0.1, 0.15) is 17.4 Å². The molecule has 3 amide bonds. The number of halogens is 2. The van der Waals surface area contributed by atoms with E-state index in [0.717, 1.165) is 11.1 Å². The van der Waals surface area contributed by atoms with Crippen molar-refractivity contribution in [2.24, 2.45) is 5.92 Å². The predicted octanol–water partition coefficient (Wildman–Crippen LogP) is 4.81. The molecule has 8 nitrogen and oxygen atoms in total. The van der Waals surface area contributed by atoms with Crippen molar-refractivity contribution in [2.45, 2.75) is 83.1 Å². The maximum Gasteiger partial charge on any atom is 0.249 e. The van der Waals surface area contributed by atoms with Crippen molar-refractivity contribution in [2.75, 3.05) is 13.1 Å². The number of rotatable bonds is 16. The van der Waals surface area contributed by atoms with Gasteiger partial charge in [0.2, 0.25) is 17.7 Å². The lowest BCUT2D eigenvalue weighted by atomic mass is 9.81. The van der Waals surface area contributed by atoms with E-state index >= 15 is 0 Å². The summed E-state index contributed by atoms with van der Waals surface area (Å²) in [4.78, 5) is 42.3. The molecule has 1 aliphatic rings. The fraction of sp³-hybridized carbons (Fsp3) is 0.432. The summed E-state index contributed by atoms with van der Waals surface area (Å²) in [6, 6.07) is 21.6. The summed E-state index contributed by atoms with van der Waals surface area (Å²) in [5.74, 6) is -1.61. The average molecular weight is 665 g/mol. The van der Waals surface area contributed by atoms with Crippen LogP contribution in [-0.2, 0) is 33.8 Å². The van der Waals surface area contributed by atoms with Gasteiger partial charge in [0, 0.05) is 31.6 Å². The van der Waals surface area contributed by atoms with Crippen LogP contribution in [0.2, 0.25) is 5.02 Å². The molecule has 1 heterocycles. The molecule has 1 fully saturated rings. The number of amides is 3. The molecule has 1 saturated heterocycles. The molecule has 252 valence electrons. The van der Waals surface area contributed by atoms with Crippen LogP contribution in [0.3, 0.4) is 0 Å².